The van der Waals surface area contributed by atoms with Crippen LogP contribution in [0.5, 0.6) is 0 Å². The molecule has 0 unspecified atom stereocenters. The maximum absolute atomic E-state index is 11.5. The number of amides is 1. The molecule has 0 saturated heterocycles. The number of carbonyl (C=O) groups is 1. The Bertz CT molecular complexity index is 890. The molecule has 0 rings (SSSR count). The van der Waals surface area contributed by atoms with Crippen LogP contribution >= 0.6 is 0 Å². The standard InChI is InChI=1S/C11H23N23O2/c1-11(2,3)36-10(35)13-8-6-4-5-7-9-14-16-18-20-22-24-26-28-30-32-34-33-31-29-27-25-23-21-19-17-15-12/h12H,4-9H2,1-3H3,(H,13,35). The molecule has 0 fully saturated rings. The maximum atomic E-state index is 11.5. The van der Waals surface area contributed by atoms with Gasteiger partial charge >= 0.3 is 6.09 Å². The van der Waals surface area contributed by atoms with Crippen molar-refractivity contribution >= 4 is 6.09 Å². The van der Waals surface area contributed by atoms with Crippen molar-refractivity contribution in [1.29, 1.82) is 5.53 Å². The Hall–Kier alpha value is -5.13. The first-order valence-corrected chi connectivity index (χ1v) is 9.76. The molecule has 0 aromatic rings. The number of unbranched alkanes of at least 4 members (excludes halogenated alkanes) is 3. The van der Waals surface area contributed by atoms with Crippen molar-refractivity contribution in [3.05, 3.63) is 0 Å². The molecule has 0 atom stereocenters. The first-order valence-electron chi connectivity index (χ1n) is 9.76. The molecule has 0 aromatic carbocycles. The predicted octanol–water partition coefficient (Wildman–Crippen LogP) is 6.77. The second kappa shape index (κ2) is 23.0. The molecular weight excluding hydrogens is 486 g/mol. The summed E-state index contributed by atoms with van der Waals surface area (Å²) in [5, 5.41) is 67.1. The molecule has 1 amide bonds. The van der Waals surface area contributed by atoms with Gasteiger partial charge in [-0.1, -0.05) is 12.8 Å². The molecule has 0 aliphatic carbocycles. The maximum Gasteiger partial charge on any atom is 0.407 e. The largest absolute Gasteiger partial charge is 0.444 e. The highest BCUT2D eigenvalue weighted by molar-refractivity contribution is 5.67. The molecule has 0 bridgehead atoms. The van der Waals surface area contributed by atoms with E-state index in [1.165, 1.54) is 0 Å². The van der Waals surface area contributed by atoms with Gasteiger partial charge in [0, 0.05) is 27.4 Å². The van der Waals surface area contributed by atoms with Gasteiger partial charge in [0.1, 0.15) is 5.60 Å². The van der Waals surface area contributed by atoms with Gasteiger partial charge in [-0.3, -0.25) is 0 Å². The fourth-order valence-electron chi connectivity index (χ4n) is 1.56. The van der Waals surface area contributed by atoms with Crippen LogP contribution < -0.4 is 5.32 Å². The monoisotopic (exact) mass is 509 g/mol. The van der Waals surface area contributed by atoms with Crippen LogP contribution in [0.4, 0.5) is 4.79 Å². The van der Waals surface area contributed by atoms with Gasteiger partial charge < -0.3 is 10.1 Å². The number of nitrogens with one attached hydrogen (secondary N) is 2. The molecule has 0 saturated carbocycles. The summed E-state index contributed by atoms with van der Waals surface area (Å²) in [5.41, 5.74) is 5.75. The predicted molar refractivity (Wildman–Crippen MR) is 111 cm³/mol. The molecule has 36 heavy (non-hydrogen) atoms. The van der Waals surface area contributed by atoms with Crippen molar-refractivity contribution < 1.29 is 9.53 Å². The van der Waals surface area contributed by atoms with Crippen molar-refractivity contribution in [2.75, 3.05) is 13.1 Å². The van der Waals surface area contributed by atoms with E-state index in [1.807, 2.05) is 20.8 Å². The summed E-state index contributed by atoms with van der Waals surface area (Å²) in [4.78, 5) is 11.5. The third-order valence-corrected chi connectivity index (χ3v) is 2.68. The molecule has 0 heterocycles. The van der Waals surface area contributed by atoms with Gasteiger partial charge in [-0.05, 0) is 117 Å². The quantitative estimate of drug-likeness (QED) is 0.121. The lowest BCUT2D eigenvalue weighted by Crippen LogP contribution is -2.32. The summed E-state index contributed by atoms with van der Waals surface area (Å²) in [7, 11) is 0. The number of carbonyl (C=O) groups excluding carboxylic acids is 1. The Labute approximate surface area is 202 Å². The Morgan fingerprint density at radius 3 is 1.42 bits per heavy atom. The lowest BCUT2D eigenvalue weighted by atomic mass is 10.2. The molecule has 194 valence electrons. The number of hydrogen-bond acceptors (Lipinski definition) is 4. The van der Waals surface area contributed by atoms with Crippen LogP contribution in [0.1, 0.15) is 46.5 Å². The normalized spacial score (nSPS) is 13.8. The van der Waals surface area contributed by atoms with Crippen molar-refractivity contribution in [1.82, 2.24) is 5.32 Å². The van der Waals surface area contributed by atoms with E-state index in [-0.39, 0.29) is 0 Å². The van der Waals surface area contributed by atoms with E-state index in [2.05, 4.69) is 115 Å². The van der Waals surface area contributed by atoms with Crippen molar-refractivity contribution in [2.24, 2.45) is 110 Å². The van der Waals surface area contributed by atoms with Crippen LogP contribution in [0.3, 0.4) is 0 Å². The minimum Gasteiger partial charge on any atom is -0.444 e. The van der Waals surface area contributed by atoms with Gasteiger partial charge in [-0.25, -0.2) is 4.79 Å². The van der Waals surface area contributed by atoms with Gasteiger partial charge in [0.2, 0.25) is 0 Å². The van der Waals surface area contributed by atoms with Crippen LogP contribution in [0, 0.1) is 5.53 Å². The molecule has 25 heteroatoms. The Balaban J connectivity index is 3.75. The summed E-state index contributed by atoms with van der Waals surface area (Å²) >= 11 is 0. The molecule has 0 aliphatic heterocycles. The highest BCUT2D eigenvalue weighted by atomic mass is 16.6. The lowest BCUT2D eigenvalue weighted by molar-refractivity contribution is 0.0527. The molecule has 0 spiro atoms. The number of nitrogens with zero attached hydrogens (tertiary/aromatic N) is 21. The Morgan fingerprint density at radius 2 is 1.00 bits per heavy atom. The summed E-state index contributed by atoms with van der Waals surface area (Å²) in [5.74, 6) is 0. The Morgan fingerprint density at radius 1 is 0.611 bits per heavy atom. The topological polar surface area (TPSA) is 322 Å². The van der Waals surface area contributed by atoms with Crippen LogP contribution in [0.2, 0.25) is 0 Å². The van der Waals surface area contributed by atoms with Crippen LogP contribution in [0.25, 0.3) is 0 Å². The Kier molecular flexibility index (Phi) is 19.8. The third kappa shape index (κ3) is 26.9. The number of alkyl carbamates (subject to hydrolysis) is 1. The second-order valence-electron chi connectivity index (χ2n) is 6.51. The lowest BCUT2D eigenvalue weighted by Gasteiger charge is -2.19. The van der Waals surface area contributed by atoms with E-state index in [9.17, 15) is 4.79 Å². The summed E-state index contributed by atoms with van der Waals surface area (Å²) < 4.78 is 5.13. The minimum absolute atomic E-state index is 0.418. The molecule has 25 nitrogen and oxygen atoms in total. The highest BCUT2D eigenvalue weighted by Gasteiger charge is 2.15. The van der Waals surface area contributed by atoms with Gasteiger partial charge in [0.15, 0.2) is 0 Å². The van der Waals surface area contributed by atoms with Crippen LogP contribution in [-0.2, 0) is 4.74 Å². The number of hydrogen-bond donors (Lipinski definition) is 2. The van der Waals surface area contributed by atoms with E-state index in [0.717, 1.165) is 25.7 Å². The fraction of sp³-hybridized carbons (Fsp3) is 0.909. The van der Waals surface area contributed by atoms with E-state index >= 15 is 0 Å². The number of ether oxygens (including phenoxy) is 1. The van der Waals surface area contributed by atoms with Gasteiger partial charge in [0.05, 0.1) is 6.54 Å². The van der Waals surface area contributed by atoms with E-state index in [1.54, 1.807) is 0 Å². The molecular formula is C11H23N23O2. The first-order chi connectivity index (χ1) is 17.5. The third-order valence-electron chi connectivity index (χ3n) is 2.68. The summed E-state index contributed by atoms with van der Waals surface area (Å²) in [6.07, 6.45) is 3.06. The average molecular weight is 509 g/mol. The SMILES string of the molecule is CC(C)(C)OC(=O)NCCCCCCN=NN=NN=NN=NN=NN=NN=NN=NN=NN=NN=N. The summed E-state index contributed by atoms with van der Waals surface area (Å²) in [6.45, 7) is 6.45. The zero-order chi connectivity index (χ0) is 26.6. The zero-order valence-electron chi connectivity index (χ0n) is 19.5. The minimum atomic E-state index is -0.505. The smallest absolute Gasteiger partial charge is 0.407 e. The van der Waals surface area contributed by atoms with Crippen molar-refractivity contribution in [3.63, 3.8) is 0 Å². The second-order valence-corrected chi connectivity index (χ2v) is 6.51. The first kappa shape index (κ1) is 30.9. The highest BCUT2D eigenvalue weighted by Crippen LogP contribution is 2.06. The zero-order valence-corrected chi connectivity index (χ0v) is 19.5. The van der Waals surface area contributed by atoms with Gasteiger partial charge in [-0.15, -0.1) is 0 Å². The van der Waals surface area contributed by atoms with Crippen LogP contribution in [-0.4, -0.2) is 24.8 Å². The molecule has 0 aliphatic rings. The van der Waals surface area contributed by atoms with Gasteiger partial charge in [0.25, 0.3) is 0 Å². The van der Waals surface area contributed by atoms with Crippen LogP contribution in [0.15, 0.2) is 110 Å². The van der Waals surface area contributed by atoms with E-state index < -0.39 is 11.7 Å². The van der Waals surface area contributed by atoms with Gasteiger partial charge in [-0.2, -0.15) is 10.6 Å². The van der Waals surface area contributed by atoms with E-state index in [4.69, 9.17) is 10.3 Å². The van der Waals surface area contributed by atoms with Crippen molar-refractivity contribution in [2.45, 2.75) is 52.1 Å². The fourth-order valence-corrected chi connectivity index (χ4v) is 1.56. The number of rotatable bonds is 17. The molecule has 2 N–H and O–H groups in total. The van der Waals surface area contributed by atoms with E-state index in [0.29, 0.717) is 13.1 Å². The molecule has 0 aromatic heterocycles. The van der Waals surface area contributed by atoms with Crippen molar-refractivity contribution in [3.8, 4) is 0 Å². The molecule has 0 radical (unpaired) electrons. The summed E-state index contributed by atoms with van der Waals surface area (Å²) in [6, 6.07) is 0. The average Bonchev–Trinajstić information content (AvgIpc) is 2.82.